The lowest BCUT2D eigenvalue weighted by Crippen LogP contribution is -1.99. The number of rotatable bonds is 2. The molecule has 0 atom stereocenters. The average Bonchev–Trinajstić information content (AvgIpc) is 3.04. The lowest BCUT2D eigenvalue weighted by Gasteiger charge is -1.99. The smallest absolute Gasteiger partial charge is 0.357 e. The highest BCUT2D eigenvalue weighted by atomic mass is 16.4. The van der Waals surface area contributed by atoms with Crippen molar-refractivity contribution in [2.24, 2.45) is 7.05 Å². The number of carboxylic acids is 1. The maximum atomic E-state index is 11.0. The van der Waals surface area contributed by atoms with Gasteiger partial charge in [0.25, 0.3) is 0 Å². The Labute approximate surface area is 92.5 Å². The molecule has 1 aromatic carbocycles. The van der Waals surface area contributed by atoms with Crippen molar-refractivity contribution >= 4 is 16.9 Å². The molecule has 2 aromatic rings. The van der Waals surface area contributed by atoms with Gasteiger partial charge in [0.1, 0.15) is 0 Å². The average molecular weight is 216 g/mol. The molecule has 0 saturated heterocycles. The van der Waals surface area contributed by atoms with Crippen molar-refractivity contribution in [1.82, 2.24) is 9.78 Å². The number of carbonyl (C=O) groups is 1. The van der Waals surface area contributed by atoms with Crippen LogP contribution in [0.3, 0.4) is 0 Å². The summed E-state index contributed by atoms with van der Waals surface area (Å²) in [6.45, 7) is 0. The summed E-state index contributed by atoms with van der Waals surface area (Å²) in [5.74, 6) is -0.294. The molecule has 1 aliphatic carbocycles. The zero-order valence-corrected chi connectivity index (χ0v) is 8.97. The van der Waals surface area contributed by atoms with E-state index in [1.54, 1.807) is 11.7 Å². The number of benzene rings is 1. The first-order chi connectivity index (χ1) is 7.66. The molecule has 1 fully saturated rings. The van der Waals surface area contributed by atoms with Crippen molar-refractivity contribution < 1.29 is 9.90 Å². The molecule has 3 rings (SSSR count). The van der Waals surface area contributed by atoms with E-state index in [1.807, 2.05) is 12.1 Å². The van der Waals surface area contributed by atoms with Gasteiger partial charge in [-0.1, -0.05) is 12.1 Å². The summed E-state index contributed by atoms with van der Waals surface area (Å²) in [5.41, 5.74) is 2.34. The summed E-state index contributed by atoms with van der Waals surface area (Å²) in [4.78, 5) is 11.0. The van der Waals surface area contributed by atoms with Crippen molar-refractivity contribution in [2.45, 2.75) is 18.8 Å². The first-order valence-corrected chi connectivity index (χ1v) is 5.37. The fourth-order valence-corrected chi connectivity index (χ4v) is 2.10. The van der Waals surface area contributed by atoms with Gasteiger partial charge in [0.05, 0.1) is 5.52 Å². The van der Waals surface area contributed by atoms with Gasteiger partial charge in [0.2, 0.25) is 0 Å². The lowest BCUT2D eigenvalue weighted by atomic mass is 10.1. The third kappa shape index (κ3) is 1.30. The second-order valence-corrected chi connectivity index (χ2v) is 4.33. The second-order valence-electron chi connectivity index (χ2n) is 4.33. The summed E-state index contributed by atoms with van der Waals surface area (Å²) >= 11 is 0. The number of fused-ring (bicyclic) bond motifs is 1. The van der Waals surface area contributed by atoms with E-state index in [1.165, 1.54) is 18.4 Å². The van der Waals surface area contributed by atoms with Crippen LogP contribution in [0.5, 0.6) is 0 Å². The van der Waals surface area contributed by atoms with Crippen molar-refractivity contribution in [2.75, 3.05) is 0 Å². The maximum absolute atomic E-state index is 11.0. The van der Waals surface area contributed by atoms with Gasteiger partial charge in [-0.2, -0.15) is 5.10 Å². The van der Waals surface area contributed by atoms with Crippen LogP contribution >= 0.6 is 0 Å². The molecule has 0 unspecified atom stereocenters. The molecule has 16 heavy (non-hydrogen) atoms. The molecule has 0 bridgehead atoms. The largest absolute Gasteiger partial charge is 0.476 e. The van der Waals surface area contributed by atoms with Gasteiger partial charge in [-0.25, -0.2) is 4.79 Å². The minimum Gasteiger partial charge on any atom is -0.476 e. The fraction of sp³-hybridized carbons (Fsp3) is 0.333. The van der Waals surface area contributed by atoms with Crippen LogP contribution in [-0.4, -0.2) is 20.9 Å². The molecular formula is C12H12N2O2. The Kier molecular flexibility index (Phi) is 1.80. The second kappa shape index (κ2) is 3.07. The number of hydrogen-bond acceptors (Lipinski definition) is 2. The number of carboxylic acid groups (broad SMARTS) is 1. The van der Waals surface area contributed by atoms with E-state index in [4.69, 9.17) is 5.11 Å². The molecular weight excluding hydrogens is 204 g/mol. The van der Waals surface area contributed by atoms with Gasteiger partial charge >= 0.3 is 5.97 Å². The molecule has 82 valence electrons. The molecule has 0 amide bonds. The number of nitrogens with zero attached hydrogens (tertiary/aromatic N) is 2. The van der Waals surface area contributed by atoms with Crippen molar-refractivity contribution in [3.63, 3.8) is 0 Å². The fourth-order valence-electron chi connectivity index (χ4n) is 2.10. The third-order valence-electron chi connectivity index (χ3n) is 3.13. The number of aryl methyl sites for hydroxylation is 1. The minimum atomic E-state index is -0.968. The van der Waals surface area contributed by atoms with Crippen molar-refractivity contribution in [1.29, 1.82) is 0 Å². The van der Waals surface area contributed by atoms with Crippen LogP contribution in [0.25, 0.3) is 10.9 Å². The Morgan fingerprint density at radius 3 is 2.88 bits per heavy atom. The van der Waals surface area contributed by atoms with Crippen LogP contribution in [0.1, 0.15) is 34.8 Å². The van der Waals surface area contributed by atoms with E-state index >= 15 is 0 Å². The van der Waals surface area contributed by atoms with Gasteiger partial charge in [0, 0.05) is 12.4 Å². The third-order valence-corrected chi connectivity index (χ3v) is 3.13. The molecule has 1 aromatic heterocycles. The Morgan fingerprint density at radius 2 is 2.25 bits per heavy atom. The molecule has 4 heteroatoms. The first-order valence-electron chi connectivity index (χ1n) is 5.37. The summed E-state index contributed by atoms with van der Waals surface area (Å²) in [5, 5.41) is 13.8. The highest BCUT2D eigenvalue weighted by Gasteiger charge is 2.24. The molecule has 4 nitrogen and oxygen atoms in total. The molecule has 0 aliphatic heterocycles. The maximum Gasteiger partial charge on any atom is 0.357 e. The quantitative estimate of drug-likeness (QED) is 0.836. The Balaban J connectivity index is 2.23. The predicted molar refractivity (Wildman–Crippen MR) is 59.6 cm³/mol. The van der Waals surface area contributed by atoms with E-state index in [2.05, 4.69) is 11.2 Å². The van der Waals surface area contributed by atoms with E-state index in [-0.39, 0.29) is 5.69 Å². The van der Waals surface area contributed by atoms with Gasteiger partial charge in [0.15, 0.2) is 5.69 Å². The first kappa shape index (κ1) is 9.39. The predicted octanol–water partition coefficient (Wildman–Crippen LogP) is 2.15. The van der Waals surface area contributed by atoms with Gasteiger partial charge < -0.3 is 5.11 Å². The number of aromatic carboxylic acids is 1. The van der Waals surface area contributed by atoms with E-state index in [9.17, 15) is 4.79 Å². The Bertz CT molecular complexity index is 582. The van der Waals surface area contributed by atoms with Gasteiger partial charge in [-0.3, -0.25) is 4.68 Å². The van der Waals surface area contributed by atoms with E-state index in [0.717, 1.165) is 10.9 Å². The summed E-state index contributed by atoms with van der Waals surface area (Å²) < 4.78 is 1.64. The number of aromatic nitrogens is 2. The highest BCUT2D eigenvalue weighted by Crippen LogP contribution is 2.41. The SMILES string of the molecule is Cn1nc(C(=O)O)c2ccc(C3CC3)cc21. The standard InChI is InChI=1S/C12H12N2O2/c1-14-10-6-8(7-2-3-7)4-5-9(10)11(13-14)12(15)16/h4-7H,2-3H2,1H3,(H,15,16). The summed E-state index contributed by atoms with van der Waals surface area (Å²) in [6.07, 6.45) is 2.49. The summed E-state index contributed by atoms with van der Waals surface area (Å²) in [7, 11) is 1.78. The minimum absolute atomic E-state index is 0.139. The number of hydrogen-bond donors (Lipinski definition) is 1. The summed E-state index contributed by atoms with van der Waals surface area (Å²) in [6, 6.07) is 5.96. The normalized spacial score (nSPS) is 15.6. The molecule has 0 radical (unpaired) electrons. The highest BCUT2D eigenvalue weighted by molar-refractivity contribution is 6.01. The Hall–Kier alpha value is -1.84. The topological polar surface area (TPSA) is 55.1 Å². The zero-order valence-electron chi connectivity index (χ0n) is 8.97. The van der Waals surface area contributed by atoms with Gasteiger partial charge in [-0.15, -0.1) is 0 Å². The van der Waals surface area contributed by atoms with Crippen LogP contribution in [0, 0.1) is 0 Å². The van der Waals surface area contributed by atoms with Crippen LogP contribution in [0.15, 0.2) is 18.2 Å². The van der Waals surface area contributed by atoms with Crippen molar-refractivity contribution in [3.8, 4) is 0 Å². The Morgan fingerprint density at radius 1 is 1.50 bits per heavy atom. The van der Waals surface area contributed by atoms with Crippen molar-refractivity contribution in [3.05, 3.63) is 29.5 Å². The zero-order chi connectivity index (χ0) is 11.3. The van der Waals surface area contributed by atoms with Crippen LogP contribution in [0.4, 0.5) is 0 Å². The molecule has 1 N–H and O–H groups in total. The monoisotopic (exact) mass is 216 g/mol. The molecule has 0 spiro atoms. The van der Waals surface area contributed by atoms with Gasteiger partial charge in [-0.05, 0) is 30.4 Å². The van der Waals surface area contributed by atoms with Crippen LogP contribution in [-0.2, 0) is 7.05 Å². The van der Waals surface area contributed by atoms with Crippen LogP contribution in [0.2, 0.25) is 0 Å². The molecule has 1 aliphatic rings. The molecule has 1 heterocycles. The lowest BCUT2D eigenvalue weighted by molar-refractivity contribution is 0.0691. The van der Waals surface area contributed by atoms with E-state index in [0.29, 0.717) is 5.92 Å². The molecule has 1 saturated carbocycles. The van der Waals surface area contributed by atoms with Crippen LogP contribution < -0.4 is 0 Å². The van der Waals surface area contributed by atoms with E-state index < -0.39 is 5.97 Å².